The van der Waals surface area contributed by atoms with Gasteiger partial charge in [-0.1, -0.05) is 23.9 Å². The molecule has 1 aliphatic rings. The maximum absolute atomic E-state index is 12.7. The standard InChI is InChI=1S/C19H22F2N2O2S2/c1-13(14-4-3-5-15(12-14)25-2)22-7-9-23(10-8-22)18(24)17-16(6-11-26-17)27-19(20)21/h3-6,11-13,19H,7-10H2,1-2H3. The number of halogens is 2. The van der Waals surface area contributed by atoms with Gasteiger partial charge in [0.15, 0.2) is 0 Å². The van der Waals surface area contributed by atoms with Gasteiger partial charge in [0.05, 0.1) is 7.11 Å². The lowest BCUT2D eigenvalue weighted by Crippen LogP contribution is -2.49. The normalized spacial score (nSPS) is 16.6. The highest BCUT2D eigenvalue weighted by molar-refractivity contribution is 7.99. The Bertz CT molecular complexity index is 777. The zero-order chi connectivity index (χ0) is 19.4. The molecule has 146 valence electrons. The fourth-order valence-electron chi connectivity index (χ4n) is 3.21. The molecule has 0 saturated carbocycles. The van der Waals surface area contributed by atoms with E-state index in [0.717, 1.165) is 18.8 Å². The number of thioether (sulfide) groups is 1. The number of carbonyl (C=O) groups excluding carboxylic acids is 1. The summed E-state index contributed by atoms with van der Waals surface area (Å²) in [6.45, 7) is 4.80. The molecule has 27 heavy (non-hydrogen) atoms. The van der Waals surface area contributed by atoms with Gasteiger partial charge in [0.25, 0.3) is 11.7 Å². The number of methoxy groups -OCH3 is 1. The molecule has 8 heteroatoms. The summed E-state index contributed by atoms with van der Waals surface area (Å²) in [7, 11) is 1.65. The average Bonchev–Trinajstić information content (AvgIpc) is 3.14. The predicted molar refractivity (Wildman–Crippen MR) is 105 cm³/mol. The van der Waals surface area contributed by atoms with Gasteiger partial charge in [0.1, 0.15) is 10.6 Å². The summed E-state index contributed by atoms with van der Waals surface area (Å²) in [6, 6.07) is 9.80. The van der Waals surface area contributed by atoms with Crippen LogP contribution in [0.4, 0.5) is 8.78 Å². The van der Waals surface area contributed by atoms with E-state index in [2.05, 4.69) is 17.9 Å². The van der Waals surface area contributed by atoms with Crippen molar-refractivity contribution in [3.63, 3.8) is 0 Å². The third-order valence-corrected chi connectivity index (χ3v) is 6.57. The van der Waals surface area contributed by atoms with E-state index >= 15 is 0 Å². The number of carbonyl (C=O) groups is 1. The van der Waals surface area contributed by atoms with Crippen LogP contribution in [-0.2, 0) is 0 Å². The molecule has 0 radical (unpaired) electrons. The first kappa shape index (κ1) is 20.1. The van der Waals surface area contributed by atoms with Crippen LogP contribution in [0.2, 0.25) is 0 Å². The van der Waals surface area contributed by atoms with Crippen molar-refractivity contribution in [3.8, 4) is 5.75 Å². The molecule has 2 heterocycles. The number of ether oxygens (including phenoxy) is 1. The second kappa shape index (κ2) is 9.03. The fourth-order valence-corrected chi connectivity index (χ4v) is 4.87. The Labute approximate surface area is 166 Å². The maximum atomic E-state index is 12.7. The van der Waals surface area contributed by atoms with Crippen LogP contribution in [0, 0.1) is 0 Å². The Balaban J connectivity index is 1.61. The fraction of sp³-hybridized carbons (Fsp3) is 0.421. The number of rotatable bonds is 6. The van der Waals surface area contributed by atoms with Crippen molar-refractivity contribution in [2.45, 2.75) is 23.6 Å². The summed E-state index contributed by atoms with van der Waals surface area (Å²) in [5.74, 6) is -1.84. The number of thiophene rings is 1. The van der Waals surface area contributed by atoms with E-state index in [1.165, 1.54) is 16.9 Å². The Morgan fingerprint density at radius 2 is 1.96 bits per heavy atom. The smallest absolute Gasteiger partial charge is 0.288 e. The van der Waals surface area contributed by atoms with Crippen LogP contribution in [0.25, 0.3) is 0 Å². The summed E-state index contributed by atoms with van der Waals surface area (Å²) in [5.41, 5.74) is 1.17. The van der Waals surface area contributed by atoms with Crippen LogP contribution in [-0.4, -0.2) is 54.8 Å². The van der Waals surface area contributed by atoms with Crippen LogP contribution in [0.5, 0.6) is 5.75 Å². The summed E-state index contributed by atoms with van der Waals surface area (Å²) >= 11 is 1.67. The highest BCUT2D eigenvalue weighted by Crippen LogP contribution is 2.33. The largest absolute Gasteiger partial charge is 0.497 e. The number of amides is 1. The molecule has 3 rings (SSSR count). The van der Waals surface area contributed by atoms with Crippen LogP contribution < -0.4 is 4.74 Å². The zero-order valence-electron chi connectivity index (χ0n) is 15.2. The maximum Gasteiger partial charge on any atom is 0.288 e. The molecule has 0 bridgehead atoms. The number of piperazine rings is 1. The van der Waals surface area contributed by atoms with Crippen molar-refractivity contribution < 1.29 is 18.3 Å². The van der Waals surface area contributed by atoms with Crippen LogP contribution in [0.3, 0.4) is 0 Å². The highest BCUT2D eigenvalue weighted by atomic mass is 32.2. The van der Waals surface area contributed by atoms with Gasteiger partial charge in [-0.05, 0) is 36.1 Å². The Kier molecular flexibility index (Phi) is 6.73. The molecule has 1 aromatic heterocycles. The first-order valence-corrected chi connectivity index (χ1v) is 10.4. The quantitative estimate of drug-likeness (QED) is 0.650. The van der Waals surface area contributed by atoms with Gasteiger partial charge >= 0.3 is 0 Å². The Morgan fingerprint density at radius 3 is 2.63 bits per heavy atom. The lowest BCUT2D eigenvalue weighted by molar-refractivity contribution is 0.0583. The zero-order valence-corrected chi connectivity index (χ0v) is 16.9. The van der Waals surface area contributed by atoms with Gasteiger partial charge in [0.2, 0.25) is 0 Å². The molecular weight excluding hydrogens is 390 g/mol. The third-order valence-electron chi connectivity index (χ3n) is 4.76. The minimum absolute atomic E-state index is 0.151. The molecule has 2 aromatic rings. The van der Waals surface area contributed by atoms with Crippen molar-refractivity contribution in [1.82, 2.24) is 9.80 Å². The number of benzene rings is 1. The summed E-state index contributed by atoms with van der Waals surface area (Å²) in [6.07, 6.45) is 0. The van der Waals surface area contributed by atoms with Gasteiger partial charge in [-0.25, -0.2) is 0 Å². The van der Waals surface area contributed by atoms with Gasteiger partial charge in [-0.2, -0.15) is 8.78 Å². The lowest BCUT2D eigenvalue weighted by Gasteiger charge is -2.38. The van der Waals surface area contributed by atoms with E-state index in [1.807, 2.05) is 18.2 Å². The summed E-state index contributed by atoms with van der Waals surface area (Å²) in [5, 5.41) is 1.69. The third kappa shape index (κ3) is 4.80. The molecule has 1 amide bonds. The van der Waals surface area contributed by atoms with Gasteiger partial charge in [-0.3, -0.25) is 9.69 Å². The molecular formula is C19H22F2N2O2S2. The van der Waals surface area contributed by atoms with Gasteiger partial charge in [-0.15, -0.1) is 11.3 Å². The lowest BCUT2D eigenvalue weighted by atomic mass is 10.1. The van der Waals surface area contributed by atoms with Crippen molar-refractivity contribution >= 4 is 29.0 Å². The molecule has 1 fully saturated rings. The number of nitrogens with zero attached hydrogens (tertiary/aromatic N) is 2. The highest BCUT2D eigenvalue weighted by Gasteiger charge is 2.28. The van der Waals surface area contributed by atoms with E-state index in [-0.39, 0.29) is 11.9 Å². The molecule has 1 atom stereocenters. The minimum Gasteiger partial charge on any atom is -0.497 e. The molecule has 0 spiro atoms. The molecule has 0 N–H and O–H groups in total. The molecule has 1 aromatic carbocycles. The molecule has 0 aliphatic carbocycles. The number of alkyl halides is 2. The monoisotopic (exact) mass is 412 g/mol. The van der Waals surface area contributed by atoms with E-state index in [9.17, 15) is 13.6 Å². The first-order valence-electron chi connectivity index (χ1n) is 8.69. The summed E-state index contributed by atoms with van der Waals surface area (Å²) < 4.78 is 30.6. The molecule has 4 nitrogen and oxygen atoms in total. The molecule has 1 unspecified atom stereocenters. The molecule has 1 saturated heterocycles. The SMILES string of the molecule is COc1cccc(C(C)N2CCN(C(=O)c3sccc3SC(F)F)CC2)c1. The predicted octanol–water partition coefficient (Wildman–Crippen LogP) is 4.59. The van der Waals surface area contributed by atoms with E-state index < -0.39 is 5.76 Å². The van der Waals surface area contributed by atoms with E-state index in [1.54, 1.807) is 23.5 Å². The second-order valence-corrected chi connectivity index (χ2v) is 8.22. The molecule has 1 aliphatic heterocycles. The van der Waals surface area contributed by atoms with Crippen molar-refractivity contribution in [2.24, 2.45) is 0 Å². The van der Waals surface area contributed by atoms with Crippen LogP contribution in [0.1, 0.15) is 28.2 Å². The topological polar surface area (TPSA) is 32.8 Å². The van der Waals surface area contributed by atoms with E-state index in [4.69, 9.17) is 4.74 Å². The van der Waals surface area contributed by atoms with Gasteiger partial charge in [0, 0.05) is 37.1 Å². The van der Waals surface area contributed by atoms with Gasteiger partial charge < -0.3 is 9.64 Å². The van der Waals surface area contributed by atoms with Crippen LogP contribution >= 0.6 is 23.1 Å². The average molecular weight is 413 g/mol. The summed E-state index contributed by atoms with van der Waals surface area (Å²) in [4.78, 5) is 17.6. The minimum atomic E-state index is -2.52. The van der Waals surface area contributed by atoms with Crippen LogP contribution in [0.15, 0.2) is 40.6 Å². The Morgan fingerprint density at radius 1 is 1.22 bits per heavy atom. The van der Waals surface area contributed by atoms with Crippen molar-refractivity contribution in [3.05, 3.63) is 46.2 Å². The first-order chi connectivity index (χ1) is 13.0. The Hall–Kier alpha value is -1.64. The number of hydrogen-bond acceptors (Lipinski definition) is 5. The van der Waals surface area contributed by atoms with E-state index in [0.29, 0.717) is 34.6 Å². The van der Waals surface area contributed by atoms with Crippen molar-refractivity contribution in [1.29, 1.82) is 0 Å². The second-order valence-electron chi connectivity index (χ2n) is 6.27. The number of hydrogen-bond donors (Lipinski definition) is 0. The van der Waals surface area contributed by atoms with Crippen molar-refractivity contribution in [2.75, 3.05) is 33.3 Å².